The van der Waals surface area contributed by atoms with E-state index >= 15 is 0 Å². The smallest absolute Gasteiger partial charge is 0.347 e. The molecule has 1 aromatic rings. The molecule has 7 heteroatoms. The van der Waals surface area contributed by atoms with Crippen LogP contribution in [-0.4, -0.2) is 26.5 Å². The molecule has 3 N–H and O–H groups in total. The van der Waals surface area contributed by atoms with E-state index in [9.17, 15) is 14.4 Å². The molecule has 0 spiro atoms. The Bertz CT molecular complexity index is 593. The van der Waals surface area contributed by atoms with Crippen LogP contribution in [0.4, 0.5) is 0 Å². The van der Waals surface area contributed by atoms with E-state index in [0.29, 0.717) is 42.8 Å². The van der Waals surface area contributed by atoms with Crippen LogP contribution in [0.3, 0.4) is 0 Å². The summed E-state index contributed by atoms with van der Waals surface area (Å²) in [6, 6.07) is 0. The highest BCUT2D eigenvalue weighted by Crippen LogP contribution is 2.14. The molecule has 0 aliphatic heterocycles. The molecule has 0 aliphatic carbocycles. The van der Waals surface area contributed by atoms with E-state index in [-0.39, 0.29) is 12.8 Å². The average molecular weight is 295 g/mol. The van der Waals surface area contributed by atoms with Gasteiger partial charge in [-0.1, -0.05) is 13.8 Å². The van der Waals surface area contributed by atoms with Gasteiger partial charge in [-0.3, -0.25) is 14.2 Å². The summed E-state index contributed by atoms with van der Waals surface area (Å²) in [6.45, 7) is 4.02. The van der Waals surface area contributed by atoms with E-state index in [1.807, 2.05) is 13.8 Å². The number of primary amides is 1. The lowest BCUT2D eigenvalue weighted by atomic mass is 10.0. The number of aryl methyl sites for hydroxylation is 1. The van der Waals surface area contributed by atoms with Gasteiger partial charge in [0.2, 0.25) is 5.91 Å². The normalized spacial score (nSPS) is 10.6. The number of hydrogen-bond donors (Lipinski definition) is 2. The minimum Gasteiger partial charge on any atom is -0.481 e. The maximum atomic E-state index is 12.1. The number of rotatable bonds is 8. The first kappa shape index (κ1) is 16.9. The van der Waals surface area contributed by atoms with Gasteiger partial charge in [0.25, 0.3) is 0 Å². The van der Waals surface area contributed by atoms with Gasteiger partial charge in [-0.25, -0.2) is 4.79 Å². The fourth-order valence-corrected chi connectivity index (χ4v) is 2.38. The van der Waals surface area contributed by atoms with Crippen molar-refractivity contribution in [2.24, 2.45) is 5.73 Å². The van der Waals surface area contributed by atoms with Crippen molar-refractivity contribution >= 4 is 11.9 Å². The number of carbonyl (C=O) groups excluding carboxylic acids is 1. The Kier molecular flexibility index (Phi) is 6.08. The molecule has 0 saturated carbocycles. The molecule has 0 saturated heterocycles. The molecule has 1 rings (SSSR count). The number of nitrogens with two attached hydrogens (primary N) is 1. The lowest BCUT2D eigenvalue weighted by Gasteiger charge is -2.17. The van der Waals surface area contributed by atoms with Gasteiger partial charge < -0.3 is 10.8 Å². The Hall–Kier alpha value is -2.18. The van der Waals surface area contributed by atoms with Crippen molar-refractivity contribution in [3.05, 3.63) is 27.4 Å². The van der Waals surface area contributed by atoms with Gasteiger partial charge in [0.1, 0.15) is 0 Å². The Morgan fingerprint density at radius 2 is 1.95 bits per heavy atom. The monoisotopic (exact) mass is 295 g/mol. The van der Waals surface area contributed by atoms with Gasteiger partial charge in [0, 0.05) is 24.2 Å². The van der Waals surface area contributed by atoms with Crippen molar-refractivity contribution in [1.82, 2.24) is 9.55 Å². The molecule has 0 unspecified atom stereocenters. The van der Waals surface area contributed by atoms with Crippen LogP contribution in [0.25, 0.3) is 0 Å². The fraction of sp³-hybridized carbons (Fsp3) is 0.571. The SMILES string of the molecule is CCc1nc(=O)n(CCCC(N)=O)c(CC)c1CC(=O)O. The van der Waals surface area contributed by atoms with Crippen molar-refractivity contribution < 1.29 is 14.7 Å². The van der Waals surface area contributed by atoms with Gasteiger partial charge in [0.15, 0.2) is 0 Å². The molecular formula is C14H21N3O4. The second-order valence-electron chi connectivity index (χ2n) is 4.77. The quantitative estimate of drug-likeness (QED) is 0.713. The number of aromatic nitrogens is 2. The van der Waals surface area contributed by atoms with Crippen LogP contribution in [0.5, 0.6) is 0 Å². The van der Waals surface area contributed by atoms with E-state index in [4.69, 9.17) is 10.8 Å². The zero-order valence-corrected chi connectivity index (χ0v) is 12.4. The van der Waals surface area contributed by atoms with Crippen LogP contribution in [0.15, 0.2) is 4.79 Å². The number of nitrogens with zero attached hydrogens (tertiary/aromatic N) is 2. The summed E-state index contributed by atoms with van der Waals surface area (Å²) in [5, 5.41) is 9.04. The lowest BCUT2D eigenvalue weighted by molar-refractivity contribution is -0.136. The summed E-state index contributed by atoms with van der Waals surface area (Å²) in [7, 11) is 0. The largest absolute Gasteiger partial charge is 0.481 e. The number of carbonyl (C=O) groups is 2. The van der Waals surface area contributed by atoms with Gasteiger partial charge in [-0.15, -0.1) is 0 Å². The minimum absolute atomic E-state index is 0.157. The number of amides is 1. The van der Waals surface area contributed by atoms with Crippen LogP contribution in [0.2, 0.25) is 0 Å². The van der Waals surface area contributed by atoms with Crippen molar-refractivity contribution in [2.45, 2.75) is 52.5 Å². The maximum Gasteiger partial charge on any atom is 0.347 e. The molecule has 1 aromatic heterocycles. The first-order chi connectivity index (χ1) is 9.90. The predicted octanol–water partition coefficient (Wildman–Crippen LogP) is 0.261. The van der Waals surface area contributed by atoms with Crippen molar-refractivity contribution in [3.63, 3.8) is 0 Å². The third-order valence-electron chi connectivity index (χ3n) is 3.29. The maximum absolute atomic E-state index is 12.1. The Balaban J connectivity index is 3.25. The van der Waals surface area contributed by atoms with Crippen LogP contribution in [0.1, 0.15) is 43.6 Å². The first-order valence-electron chi connectivity index (χ1n) is 7.02. The molecule has 1 amide bonds. The van der Waals surface area contributed by atoms with Crippen molar-refractivity contribution in [2.75, 3.05) is 0 Å². The zero-order valence-electron chi connectivity index (χ0n) is 12.4. The third-order valence-corrected chi connectivity index (χ3v) is 3.29. The van der Waals surface area contributed by atoms with Gasteiger partial charge in [0.05, 0.1) is 12.1 Å². The Morgan fingerprint density at radius 3 is 2.43 bits per heavy atom. The molecule has 116 valence electrons. The van der Waals surface area contributed by atoms with Gasteiger partial charge in [-0.2, -0.15) is 4.98 Å². The second-order valence-corrected chi connectivity index (χ2v) is 4.77. The van der Waals surface area contributed by atoms with E-state index in [2.05, 4.69) is 4.98 Å². The van der Waals surface area contributed by atoms with Crippen molar-refractivity contribution in [3.8, 4) is 0 Å². The molecule has 0 atom stereocenters. The number of carboxylic acids is 1. The molecule has 1 heterocycles. The molecule has 7 nitrogen and oxygen atoms in total. The Labute approximate surface area is 122 Å². The highest BCUT2D eigenvalue weighted by Gasteiger charge is 2.17. The zero-order chi connectivity index (χ0) is 16.0. The number of carboxylic acid groups (broad SMARTS) is 1. The van der Waals surface area contributed by atoms with E-state index < -0.39 is 17.6 Å². The first-order valence-corrected chi connectivity index (χ1v) is 7.02. The molecule has 0 bridgehead atoms. The highest BCUT2D eigenvalue weighted by atomic mass is 16.4. The topological polar surface area (TPSA) is 115 Å². The van der Waals surface area contributed by atoms with Gasteiger partial charge >= 0.3 is 11.7 Å². The van der Waals surface area contributed by atoms with Gasteiger partial charge in [-0.05, 0) is 19.3 Å². The minimum atomic E-state index is -0.955. The van der Waals surface area contributed by atoms with Crippen LogP contribution < -0.4 is 11.4 Å². The molecule has 21 heavy (non-hydrogen) atoms. The molecule has 0 aliphatic rings. The number of aliphatic carboxylic acids is 1. The molecule has 0 radical (unpaired) electrons. The fourth-order valence-electron chi connectivity index (χ4n) is 2.38. The van der Waals surface area contributed by atoms with E-state index in [1.165, 1.54) is 4.57 Å². The summed E-state index contributed by atoms with van der Waals surface area (Å²) >= 11 is 0. The summed E-state index contributed by atoms with van der Waals surface area (Å²) in [5.41, 5.74) is 6.50. The molecular weight excluding hydrogens is 274 g/mol. The lowest BCUT2D eigenvalue weighted by Crippen LogP contribution is -2.30. The summed E-state index contributed by atoms with van der Waals surface area (Å²) in [6.07, 6.45) is 1.49. The van der Waals surface area contributed by atoms with Crippen LogP contribution in [-0.2, 0) is 35.4 Å². The average Bonchev–Trinajstić information content (AvgIpc) is 2.40. The summed E-state index contributed by atoms with van der Waals surface area (Å²) < 4.78 is 1.46. The standard InChI is InChI=1S/C14H21N3O4/c1-3-10-9(8-13(19)20)11(4-2)17(14(21)16-10)7-5-6-12(15)18/h3-8H2,1-2H3,(H2,15,18)(H,19,20). The number of hydrogen-bond acceptors (Lipinski definition) is 4. The molecule has 0 fully saturated rings. The van der Waals surface area contributed by atoms with Crippen molar-refractivity contribution in [1.29, 1.82) is 0 Å². The molecule has 0 aromatic carbocycles. The highest BCUT2D eigenvalue weighted by molar-refractivity contribution is 5.73. The van der Waals surface area contributed by atoms with Crippen LogP contribution >= 0.6 is 0 Å². The van der Waals surface area contributed by atoms with E-state index in [1.54, 1.807) is 0 Å². The summed E-state index contributed by atoms with van der Waals surface area (Å²) in [4.78, 5) is 37.9. The van der Waals surface area contributed by atoms with E-state index in [0.717, 1.165) is 0 Å². The summed E-state index contributed by atoms with van der Waals surface area (Å²) in [5.74, 6) is -1.38. The predicted molar refractivity (Wildman–Crippen MR) is 77.0 cm³/mol. The second kappa shape index (κ2) is 7.56. The van der Waals surface area contributed by atoms with Crippen LogP contribution in [0, 0.1) is 0 Å². The Morgan fingerprint density at radius 1 is 1.29 bits per heavy atom. The third kappa shape index (κ3) is 4.40.